The number of hydrogen-bond acceptors (Lipinski definition) is 6. The van der Waals surface area contributed by atoms with Crippen LogP contribution in [0.15, 0.2) is 36.4 Å². The molecule has 0 saturated carbocycles. The van der Waals surface area contributed by atoms with Gasteiger partial charge in [0.2, 0.25) is 0 Å². The molecule has 28 heavy (non-hydrogen) atoms. The van der Waals surface area contributed by atoms with Gasteiger partial charge >= 0.3 is 5.97 Å². The van der Waals surface area contributed by atoms with E-state index in [-0.39, 0.29) is 12.9 Å². The molecule has 0 aromatic heterocycles. The summed E-state index contributed by atoms with van der Waals surface area (Å²) in [7, 11) is 0. The summed E-state index contributed by atoms with van der Waals surface area (Å²) in [6.07, 6.45) is 0. The Morgan fingerprint density at radius 2 is 1.75 bits per heavy atom. The molecule has 0 heterocycles. The van der Waals surface area contributed by atoms with Crippen molar-refractivity contribution in [3.8, 4) is 0 Å². The molecular formula is C19H24Cl2N2O5. The highest BCUT2D eigenvalue weighted by Gasteiger charge is 2.15. The molecule has 154 valence electrons. The first-order valence-electron chi connectivity index (χ1n) is 8.03. The van der Waals surface area contributed by atoms with Crippen molar-refractivity contribution in [1.29, 1.82) is 0 Å². The van der Waals surface area contributed by atoms with Gasteiger partial charge in [-0.15, -0.1) is 0 Å². The fourth-order valence-electron chi connectivity index (χ4n) is 1.93. The zero-order valence-electron chi connectivity index (χ0n) is 15.9. The van der Waals surface area contributed by atoms with Crippen molar-refractivity contribution in [3.05, 3.63) is 57.6 Å². The average molecular weight is 431 g/mol. The number of aryl methyl sites for hydroxylation is 1. The first kappa shape index (κ1) is 25.7. The highest BCUT2D eigenvalue weighted by Crippen LogP contribution is 2.36. The van der Waals surface area contributed by atoms with Crippen LogP contribution in [0, 0.1) is 6.92 Å². The van der Waals surface area contributed by atoms with Crippen LogP contribution in [0.2, 0.25) is 10.0 Å². The van der Waals surface area contributed by atoms with Crippen LogP contribution >= 0.6 is 23.2 Å². The SMILES string of the molecule is CC(=O)O.CCOCOC(=O)c1ccccc1Nc1c(Cl)ccc(C)c1Cl.N. The molecule has 0 unspecified atom stereocenters. The number of carbonyl (C=O) groups excluding carboxylic acids is 1. The second-order valence-electron chi connectivity index (χ2n) is 5.29. The van der Waals surface area contributed by atoms with Gasteiger partial charge in [-0.05, 0) is 37.6 Å². The van der Waals surface area contributed by atoms with Gasteiger partial charge in [0.25, 0.3) is 5.97 Å². The second kappa shape index (κ2) is 13.0. The van der Waals surface area contributed by atoms with Crippen LogP contribution in [0.4, 0.5) is 11.4 Å². The molecule has 9 heteroatoms. The third kappa shape index (κ3) is 8.14. The fourth-order valence-corrected chi connectivity index (χ4v) is 2.40. The molecule has 2 rings (SSSR count). The number of hydrogen-bond donors (Lipinski definition) is 3. The number of benzene rings is 2. The highest BCUT2D eigenvalue weighted by atomic mass is 35.5. The van der Waals surface area contributed by atoms with Crippen molar-refractivity contribution < 1.29 is 24.2 Å². The summed E-state index contributed by atoms with van der Waals surface area (Å²) in [6, 6.07) is 10.6. The minimum Gasteiger partial charge on any atom is -0.481 e. The topological polar surface area (TPSA) is 120 Å². The normalized spacial score (nSPS) is 9.46. The minimum atomic E-state index is -0.833. The molecule has 0 aliphatic heterocycles. The number of ether oxygens (including phenoxy) is 2. The van der Waals surface area contributed by atoms with Crippen LogP contribution in [-0.4, -0.2) is 30.4 Å². The van der Waals surface area contributed by atoms with Crippen molar-refractivity contribution in [2.45, 2.75) is 20.8 Å². The van der Waals surface area contributed by atoms with Gasteiger partial charge in [-0.1, -0.05) is 41.4 Å². The molecule has 2 aromatic rings. The van der Waals surface area contributed by atoms with E-state index in [4.69, 9.17) is 42.6 Å². The predicted octanol–water partition coefficient (Wildman–Crippen LogP) is 5.45. The molecule has 0 atom stereocenters. The number of para-hydroxylation sites is 1. The molecule has 0 aliphatic carbocycles. The summed E-state index contributed by atoms with van der Waals surface area (Å²) in [5, 5.41) is 11.5. The molecule has 0 fully saturated rings. The summed E-state index contributed by atoms with van der Waals surface area (Å²) in [5.41, 5.74) is 2.37. The van der Waals surface area contributed by atoms with E-state index in [0.717, 1.165) is 12.5 Å². The van der Waals surface area contributed by atoms with E-state index in [1.54, 1.807) is 30.3 Å². The Morgan fingerprint density at radius 1 is 1.14 bits per heavy atom. The molecule has 5 N–H and O–H groups in total. The van der Waals surface area contributed by atoms with E-state index in [2.05, 4.69) is 5.32 Å². The largest absolute Gasteiger partial charge is 0.481 e. The Kier molecular flexibility index (Phi) is 11.9. The van der Waals surface area contributed by atoms with E-state index < -0.39 is 11.9 Å². The number of rotatable bonds is 6. The van der Waals surface area contributed by atoms with E-state index in [0.29, 0.717) is 33.6 Å². The lowest BCUT2D eigenvalue weighted by atomic mass is 10.1. The molecule has 0 saturated heterocycles. The molecule has 0 amide bonds. The summed E-state index contributed by atoms with van der Waals surface area (Å²) >= 11 is 12.5. The van der Waals surface area contributed by atoms with Crippen molar-refractivity contribution in [2.75, 3.05) is 18.7 Å². The number of esters is 1. The average Bonchev–Trinajstić information content (AvgIpc) is 2.62. The number of halogens is 2. The van der Waals surface area contributed by atoms with Gasteiger partial charge in [0.05, 0.1) is 27.0 Å². The number of carbonyl (C=O) groups is 2. The smallest absolute Gasteiger partial charge is 0.342 e. The van der Waals surface area contributed by atoms with Gasteiger partial charge < -0.3 is 26.0 Å². The maximum absolute atomic E-state index is 12.2. The van der Waals surface area contributed by atoms with Crippen LogP contribution < -0.4 is 11.5 Å². The lowest BCUT2D eigenvalue weighted by Gasteiger charge is -2.15. The van der Waals surface area contributed by atoms with E-state index in [9.17, 15) is 4.79 Å². The molecule has 0 bridgehead atoms. The van der Waals surface area contributed by atoms with E-state index in [1.807, 2.05) is 19.9 Å². The van der Waals surface area contributed by atoms with Crippen molar-refractivity contribution >= 4 is 46.5 Å². The highest BCUT2D eigenvalue weighted by molar-refractivity contribution is 6.39. The first-order chi connectivity index (χ1) is 12.8. The molecular weight excluding hydrogens is 407 g/mol. The Hall–Kier alpha value is -2.32. The van der Waals surface area contributed by atoms with Gasteiger partial charge in [-0.2, -0.15) is 0 Å². The fraction of sp³-hybridized carbons (Fsp3) is 0.263. The molecule has 7 nitrogen and oxygen atoms in total. The van der Waals surface area contributed by atoms with Crippen LogP contribution in [-0.2, 0) is 14.3 Å². The third-order valence-corrected chi connectivity index (χ3v) is 3.97. The predicted molar refractivity (Wildman–Crippen MR) is 111 cm³/mol. The van der Waals surface area contributed by atoms with Crippen LogP contribution in [0.5, 0.6) is 0 Å². The van der Waals surface area contributed by atoms with Crippen LogP contribution in [0.25, 0.3) is 0 Å². The number of carboxylic acid groups (broad SMARTS) is 1. The summed E-state index contributed by atoms with van der Waals surface area (Å²) in [6.45, 7) is 5.18. The van der Waals surface area contributed by atoms with E-state index >= 15 is 0 Å². The van der Waals surface area contributed by atoms with Gasteiger partial charge in [-0.25, -0.2) is 4.79 Å². The molecule has 0 spiro atoms. The van der Waals surface area contributed by atoms with Gasteiger partial charge in [0.1, 0.15) is 0 Å². The molecule has 2 aromatic carbocycles. The Morgan fingerprint density at radius 3 is 2.36 bits per heavy atom. The summed E-state index contributed by atoms with van der Waals surface area (Å²) < 4.78 is 10.1. The zero-order chi connectivity index (χ0) is 20.4. The standard InChI is InChI=1S/C17H17Cl2NO3.C2H4O2.H3N/c1-3-22-10-23-17(21)12-6-4-5-7-14(12)20-16-13(18)9-8-11(2)15(16)19;1-2(3)4;/h4-9,20H,3,10H2,1-2H3;1H3,(H,3,4);1H3. The Labute approximate surface area is 174 Å². The monoisotopic (exact) mass is 430 g/mol. The van der Waals surface area contributed by atoms with Crippen LogP contribution in [0.3, 0.4) is 0 Å². The number of carboxylic acids is 1. The zero-order valence-corrected chi connectivity index (χ0v) is 17.4. The van der Waals surface area contributed by atoms with Crippen molar-refractivity contribution in [3.63, 3.8) is 0 Å². The van der Waals surface area contributed by atoms with Crippen molar-refractivity contribution in [1.82, 2.24) is 6.15 Å². The minimum absolute atomic E-state index is 0. The maximum Gasteiger partial charge on any atom is 0.342 e. The summed E-state index contributed by atoms with van der Waals surface area (Å²) in [5.74, 6) is -1.32. The van der Waals surface area contributed by atoms with Gasteiger partial charge in [-0.3, -0.25) is 4.79 Å². The number of nitrogens with one attached hydrogen (secondary N) is 1. The quantitative estimate of drug-likeness (QED) is 0.316. The van der Waals surface area contributed by atoms with Gasteiger partial charge in [0.15, 0.2) is 6.79 Å². The third-order valence-electron chi connectivity index (χ3n) is 3.17. The van der Waals surface area contributed by atoms with Crippen LogP contribution in [0.1, 0.15) is 29.8 Å². The second-order valence-corrected chi connectivity index (χ2v) is 6.07. The van der Waals surface area contributed by atoms with Crippen molar-refractivity contribution in [2.24, 2.45) is 0 Å². The summed E-state index contributed by atoms with van der Waals surface area (Å²) in [4.78, 5) is 21.2. The lowest BCUT2D eigenvalue weighted by molar-refractivity contribution is -0.134. The van der Waals surface area contributed by atoms with E-state index in [1.165, 1.54) is 0 Å². The van der Waals surface area contributed by atoms with Gasteiger partial charge in [0, 0.05) is 13.5 Å². The Bertz CT molecular complexity index is 796. The maximum atomic E-state index is 12.2. The number of anilines is 2. The Balaban J connectivity index is 0.00000133. The molecule has 0 aliphatic rings. The molecule has 0 radical (unpaired) electrons. The first-order valence-corrected chi connectivity index (χ1v) is 8.78. The lowest BCUT2D eigenvalue weighted by Crippen LogP contribution is -2.11. The number of aliphatic carboxylic acids is 1.